The van der Waals surface area contributed by atoms with E-state index in [0.29, 0.717) is 19.4 Å². The van der Waals surface area contributed by atoms with Gasteiger partial charge in [0.25, 0.3) is 0 Å². The molecule has 1 rings (SSSR count). The number of carbonyl (C=O) groups excluding carboxylic acids is 1. The van der Waals surface area contributed by atoms with E-state index in [1.165, 1.54) is 0 Å². The van der Waals surface area contributed by atoms with Crippen molar-refractivity contribution < 1.29 is 9.53 Å². The molecule has 1 aromatic carbocycles. The summed E-state index contributed by atoms with van der Waals surface area (Å²) in [5.41, 5.74) is 12.1. The van der Waals surface area contributed by atoms with Crippen LogP contribution in [0, 0.1) is 0 Å². The average Bonchev–Trinajstić information content (AvgIpc) is 2.34. The molecule has 0 aromatic heterocycles. The maximum Gasteiger partial charge on any atom is 0.217 e. The molecule has 0 aliphatic rings. The maximum atomic E-state index is 10.6. The minimum Gasteiger partial charge on any atom is -0.372 e. The Bertz CT molecular complexity index is 341. The van der Waals surface area contributed by atoms with E-state index in [4.69, 9.17) is 16.2 Å². The number of rotatable bonds is 7. The van der Waals surface area contributed by atoms with E-state index in [0.717, 1.165) is 5.56 Å². The van der Waals surface area contributed by atoms with Gasteiger partial charge in [0, 0.05) is 12.5 Å². The zero-order valence-electron chi connectivity index (χ0n) is 10.1. The number of amides is 1. The molecule has 1 unspecified atom stereocenters. The number of carbonyl (C=O) groups is 1. The Morgan fingerprint density at radius 3 is 2.59 bits per heavy atom. The van der Waals surface area contributed by atoms with Crippen molar-refractivity contribution in [1.82, 2.24) is 0 Å². The molecule has 4 nitrogen and oxygen atoms in total. The van der Waals surface area contributed by atoms with Crippen LogP contribution in [0.15, 0.2) is 30.3 Å². The molecule has 4 heteroatoms. The van der Waals surface area contributed by atoms with Gasteiger partial charge in [-0.1, -0.05) is 30.3 Å². The van der Waals surface area contributed by atoms with E-state index in [1.54, 1.807) is 0 Å². The van der Waals surface area contributed by atoms with Crippen molar-refractivity contribution in [3.8, 4) is 0 Å². The highest BCUT2D eigenvalue weighted by Gasteiger charge is 2.14. The molecular formula is C13H20N2O2. The molecule has 0 saturated carbocycles. The molecule has 0 heterocycles. The van der Waals surface area contributed by atoms with Gasteiger partial charge in [-0.15, -0.1) is 0 Å². The number of hydrogen-bond acceptors (Lipinski definition) is 3. The SMILES string of the molecule is CC(OCc1ccccc1)[C@@H](N)CCC(N)=O. The van der Waals surface area contributed by atoms with Crippen LogP contribution in [-0.2, 0) is 16.1 Å². The zero-order valence-corrected chi connectivity index (χ0v) is 10.1. The summed E-state index contributed by atoms with van der Waals surface area (Å²) in [7, 11) is 0. The van der Waals surface area contributed by atoms with Crippen LogP contribution in [0.2, 0.25) is 0 Å². The van der Waals surface area contributed by atoms with Crippen molar-refractivity contribution in [2.75, 3.05) is 0 Å². The fourth-order valence-corrected chi connectivity index (χ4v) is 1.47. The Kier molecular flexibility index (Phi) is 5.66. The number of primary amides is 1. The van der Waals surface area contributed by atoms with Crippen LogP contribution in [0.3, 0.4) is 0 Å². The molecule has 4 N–H and O–H groups in total. The Morgan fingerprint density at radius 2 is 2.00 bits per heavy atom. The van der Waals surface area contributed by atoms with E-state index in [9.17, 15) is 4.79 Å². The van der Waals surface area contributed by atoms with Crippen LogP contribution in [-0.4, -0.2) is 18.1 Å². The highest BCUT2D eigenvalue weighted by Crippen LogP contribution is 2.07. The molecule has 94 valence electrons. The second-order valence-electron chi connectivity index (χ2n) is 4.17. The molecule has 0 spiro atoms. The maximum absolute atomic E-state index is 10.6. The third kappa shape index (κ3) is 5.47. The molecule has 0 bridgehead atoms. The lowest BCUT2D eigenvalue weighted by atomic mass is 10.1. The molecule has 2 atom stereocenters. The number of ether oxygens (including phenoxy) is 1. The van der Waals surface area contributed by atoms with Crippen LogP contribution >= 0.6 is 0 Å². The number of benzene rings is 1. The summed E-state index contributed by atoms with van der Waals surface area (Å²) >= 11 is 0. The third-order valence-electron chi connectivity index (χ3n) is 2.68. The standard InChI is InChI=1S/C13H20N2O2/c1-10(12(14)7-8-13(15)16)17-9-11-5-3-2-4-6-11/h2-6,10,12H,7-9,14H2,1H3,(H2,15,16)/t10?,12-/m0/s1. The van der Waals surface area contributed by atoms with E-state index in [-0.39, 0.29) is 18.1 Å². The van der Waals surface area contributed by atoms with Gasteiger partial charge < -0.3 is 16.2 Å². The fourth-order valence-electron chi connectivity index (χ4n) is 1.47. The molecule has 1 aromatic rings. The van der Waals surface area contributed by atoms with Gasteiger partial charge in [0.2, 0.25) is 5.91 Å². The minimum absolute atomic E-state index is 0.0884. The van der Waals surface area contributed by atoms with E-state index >= 15 is 0 Å². The third-order valence-corrected chi connectivity index (χ3v) is 2.68. The van der Waals surface area contributed by atoms with Gasteiger partial charge in [-0.25, -0.2) is 0 Å². The predicted octanol–water partition coefficient (Wildman–Crippen LogP) is 1.18. The van der Waals surface area contributed by atoms with Crippen molar-refractivity contribution >= 4 is 5.91 Å². The first-order chi connectivity index (χ1) is 8.09. The Balaban J connectivity index is 2.29. The molecule has 0 saturated heterocycles. The average molecular weight is 236 g/mol. The lowest BCUT2D eigenvalue weighted by molar-refractivity contribution is -0.118. The summed E-state index contributed by atoms with van der Waals surface area (Å²) in [6.45, 7) is 2.45. The summed E-state index contributed by atoms with van der Waals surface area (Å²) in [5, 5.41) is 0. The second kappa shape index (κ2) is 7.04. The fraction of sp³-hybridized carbons (Fsp3) is 0.462. The van der Waals surface area contributed by atoms with Gasteiger partial charge in [0.15, 0.2) is 0 Å². The predicted molar refractivity (Wildman–Crippen MR) is 67.1 cm³/mol. The van der Waals surface area contributed by atoms with Gasteiger partial charge in [-0.2, -0.15) is 0 Å². The van der Waals surface area contributed by atoms with E-state index < -0.39 is 0 Å². The summed E-state index contributed by atoms with van der Waals surface area (Å²) in [6.07, 6.45) is 0.778. The molecule has 17 heavy (non-hydrogen) atoms. The Morgan fingerprint density at radius 1 is 1.35 bits per heavy atom. The van der Waals surface area contributed by atoms with Gasteiger partial charge in [0.05, 0.1) is 12.7 Å². The molecular weight excluding hydrogens is 216 g/mol. The molecule has 1 amide bonds. The highest BCUT2D eigenvalue weighted by molar-refractivity contribution is 5.73. The summed E-state index contributed by atoms with van der Waals surface area (Å²) in [6, 6.07) is 9.74. The van der Waals surface area contributed by atoms with Crippen LogP contribution in [0.25, 0.3) is 0 Å². The monoisotopic (exact) mass is 236 g/mol. The second-order valence-corrected chi connectivity index (χ2v) is 4.17. The van der Waals surface area contributed by atoms with Crippen molar-refractivity contribution in [2.24, 2.45) is 11.5 Å². The zero-order chi connectivity index (χ0) is 12.7. The first kappa shape index (κ1) is 13.7. The highest BCUT2D eigenvalue weighted by atomic mass is 16.5. The number of hydrogen-bond donors (Lipinski definition) is 2. The smallest absolute Gasteiger partial charge is 0.217 e. The first-order valence-corrected chi connectivity index (χ1v) is 5.79. The lowest BCUT2D eigenvalue weighted by Gasteiger charge is -2.20. The molecule has 0 fully saturated rings. The van der Waals surface area contributed by atoms with Crippen molar-refractivity contribution in [3.63, 3.8) is 0 Å². The summed E-state index contributed by atoms with van der Waals surface area (Å²) in [5.74, 6) is -0.323. The van der Waals surface area contributed by atoms with Gasteiger partial charge in [-0.05, 0) is 18.9 Å². The van der Waals surface area contributed by atoms with Crippen LogP contribution in [0.5, 0.6) is 0 Å². The van der Waals surface area contributed by atoms with Crippen LogP contribution in [0.4, 0.5) is 0 Å². The van der Waals surface area contributed by atoms with E-state index in [2.05, 4.69) is 0 Å². The summed E-state index contributed by atoms with van der Waals surface area (Å²) in [4.78, 5) is 10.6. The van der Waals surface area contributed by atoms with Crippen LogP contribution < -0.4 is 11.5 Å². The van der Waals surface area contributed by atoms with Gasteiger partial charge in [-0.3, -0.25) is 4.79 Å². The van der Waals surface area contributed by atoms with E-state index in [1.807, 2.05) is 37.3 Å². The normalized spacial score (nSPS) is 14.2. The minimum atomic E-state index is -0.323. The quantitative estimate of drug-likeness (QED) is 0.746. The summed E-state index contributed by atoms with van der Waals surface area (Å²) < 4.78 is 5.64. The largest absolute Gasteiger partial charge is 0.372 e. The van der Waals surface area contributed by atoms with Crippen LogP contribution in [0.1, 0.15) is 25.3 Å². The molecule has 0 aliphatic carbocycles. The van der Waals surface area contributed by atoms with Crippen molar-refractivity contribution in [3.05, 3.63) is 35.9 Å². The van der Waals surface area contributed by atoms with Crippen molar-refractivity contribution in [2.45, 2.75) is 38.5 Å². The Hall–Kier alpha value is -1.39. The first-order valence-electron chi connectivity index (χ1n) is 5.79. The van der Waals surface area contributed by atoms with Gasteiger partial charge >= 0.3 is 0 Å². The molecule has 0 radical (unpaired) electrons. The van der Waals surface area contributed by atoms with Gasteiger partial charge in [0.1, 0.15) is 0 Å². The topological polar surface area (TPSA) is 78.3 Å². The number of nitrogens with two attached hydrogens (primary N) is 2. The van der Waals surface area contributed by atoms with Crippen molar-refractivity contribution in [1.29, 1.82) is 0 Å². The Labute approximate surface area is 102 Å². The lowest BCUT2D eigenvalue weighted by Crippen LogP contribution is -2.35. The molecule has 0 aliphatic heterocycles.